The highest BCUT2D eigenvalue weighted by molar-refractivity contribution is 5.94. The first-order chi connectivity index (χ1) is 12.7. The van der Waals surface area contributed by atoms with E-state index < -0.39 is 0 Å². The summed E-state index contributed by atoms with van der Waals surface area (Å²) in [5.74, 6) is 0.328. The number of aromatic nitrogens is 3. The van der Waals surface area contributed by atoms with Crippen LogP contribution in [0.25, 0.3) is 5.52 Å². The number of likely N-dealkylation sites (tertiary alicyclic amines) is 1. The molecule has 1 aliphatic rings. The lowest BCUT2D eigenvalue weighted by molar-refractivity contribution is -0.121. The third-order valence-corrected chi connectivity index (χ3v) is 4.74. The molecule has 0 bridgehead atoms. The van der Waals surface area contributed by atoms with Gasteiger partial charge < -0.3 is 4.90 Å². The van der Waals surface area contributed by atoms with Crippen molar-refractivity contribution in [2.24, 2.45) is 5.92 Å². The minimum atomic E-state index is -0.121. The molecule has 7 nitrogen and oxygen atoms in total. The van der Waals surface area contributed by atoms with Gasteiger partial charge in [0.05, 0.1) is 17.3 Å². The van der Waals surface area contributed by atoms with Gasteiger partial charge in [-0.15, -0.1) is 0 Å². The molecule has 0 aromatic carbocycles. The molecular weight excluding hydrogens is 330 g/mol. The summed E-state index contributed by atoms with van der Waals surface area (Å²) in [6.07, 6.45) is 8.09. The van der Waals surface area contributed by atoms with E-state index >= 15 is 0 Å². The molecule has 0 radical (unpaired) electrons. The zero-order chi connectivity index (χ0) is 17.9. The van der Waals surface area contributed by atoms with Gasteiger partial charge in [0.2, 0.25) is 11.9 Å². The molecule has 1 aliphatic heterocycles. The Kier molecular flexibility index (Phi) is 4.35. The van der Waals surface area contributed by atoms with E-state index in [-0.39, 0.29) is 17.7 Å². The number of fused-ring (bicyclic) bond motifs is 1. The van der Waals surface area contributed by atoms with Gasteiger partial charge in [-0.3, -0.25) is 24.3 Å². The van der Waals surface area contributed by atoms with Crippen LogP contribution in [-0.4, -0.2) is 44.2 Å². The van der Waals surface area contributed by atoms with Gasteiger partial charge in [-0.2, -0.15) is 0 Å². The summed E-state index contributed by atoms with van der Waals surface area (Å²) in [6.45, 7) is 1.13. The predicted molar refractivity (Wildman–Crippen MR) is 96.7 cm³/mol. The van der Waals surface area contributed by atoms with Crippen LogP contribution in [0.3, 0.4) is 0 Å². The average molecular weight is 349 g/mol. The fourth-order valence-electron chi connectivity index (χ4n) is 3.27. The van der Waals surface area contributed by atoms with Crippen LogP contribution in [-0.2, 0) is 4.79 Å². The zero-order valence-corrected chi connectivity index (χ0v) is 14.2. The number of nitrogens with zero attached hydrogens (tertiary/aromatic N) is 4. The minimum Gasteiger partial charge on any atom is -0.339 e. The van der Waals surface area contributed by atoms with E-state index in [4.69, 9.17) is 0 Å². The maximum Gasteiger partial charge on any atom is 0.255 e. The SMILES string of the molecule is O=C(Nc1ncc2ccccn12)C1CCN(C(=O)c2cccnc2)CC1. The summed E-state index contributed by atoms with van der Waals surface area (Å²) >= 11 is 0. The normalized spacial score (nSPS) is 15.2. The smallest absolute Gasteiger partial charge is 0.255 e. The second-order valence-corrected chi connectivity index (χ2v) is 6.37. The number of imidazole rings is 1. The van der Waals surface area contributed by atoms with Crippen molar-refractivity contribution in [2.75, 3.05) is 18.4 Å². The maximum absolute atomic E-state index is 12.6. The molecule has 0 atom stereocenters. The number of anilines is 1. The van der Waals surface area contributed by atoms with E-state index in [1.165, 1.54) is 0 Å². The molecule has 2 amide bonds. The van der Waals surface area contributed by atoms with Crippen LogP contribution in [0.15, 0.2) is 55.1 Å². The molecule has 4 heterocycles. The van der Waals surface area contributed by atoms with Crippen molar-refractivity contribution in [1.29, 1.82) is 0 Å². The molecule has 7 heteroatoms. The molecule has 4 rings (SSSR count). The molecule has 3 aromatic heterocycles. The van der Waals surface area contributed by atoms with Crippen LogP contribution < -0.4 is 5.32 Å². The highest BCUT2D eigenvalue weighted by Gasteiger charge is 2.28. The molecule has 3 aromatic rings. The summed E-state index contributed by atoms with van der Waals surface area (Å²) < 4.78 is 1.85. The number of hydrogen-bond acceptors (Lipinski definition) is 4. The van der Waals surface area contributed by atoms with Crippen molar-refractivity contribution in [3.8, 4) is 0 Å². The van der Waals surface area contributed by atoms with Gasteiger partial charge in [-0.1, -0.05) is 6.07 Å². The molecule has 0 spiro atoms. The topological polar surface area (TPSA) is 79.6 Å². The summed E-state index contributed by atoms with van der Waals surface area (Å²) in [6, 6.07) is 9.27. The van der Waals surface area contributed by atoms with E-state index in [0.29, 0.717) is 37.4 Å². The van der Waals surface area contributed by atoms with E-state index in [2.05, 4.69) is 15.3 Å². The first-order valence-corrected chi connectivity index (χ1v) is 8.64. The van der Waals surface area contributed by atoms with Crippen LogP contribution in [0.4, 0.5) is 5.95 Å². The Labute approximate surface area is 150 Å². The summed E-state index contributed by atoms with van der Waals surface area (Å²) in [4.78, 5) is 35.1. The van der Waals surface area contributed by atoms with Crippen molar-refractivity contribution < 1.29 is 9.59 Å². The molecule has 132 valence electrons. The van der Waals surface area contributed by atoms with Gasteiger partial charge in [0, 0.05) is 37.6 Å². The number of rotatable bonds is 3. The average Bonchev–Trinajstić information content (AvgIpc) is 3.11. The van der Waals surface area contributed by atoms with Gasteiger partial charge in [-0.05, 0) is 37.1 Å². The molecular formula is C19H19N5O2. The van der Waals surface area contributed by atoms with Crippen LogP contribution in [0, 0.1) is 5.92 Å². The van der Waals surface area contributed by atoms with Crippen molar-refractivity contribution in [2.45, 2.75) is 12.8 Å². The molecule has 26 heavy (non-hydrogen) atoms. The Morgan fingerprint density at radius 2 is 1.92 bits per heavy atom. The number of carbonyl (C=O) groups is 2. The number of nitrogens with one attached hydrogen (secondary N) is 1. The Morgan fingerprint density at radius 1 is 1.08 bits per heavy atom. The van der Waals surface area contributed by atoms with Crippen LogP contribution in [0.5, 0.6) is 0 Å². The number of pyridine rings is 2. The number of hydrogen-bond donors (Lipinski definition) is 1. The molecule has 1 N–H and O–H groups in total. The Hall–Kier alpha value is -3.22. The van der Waals surface area contributed by atoms with Gasteiger partial charge >= 0.3 is 0 Å². The number of piperidine rings is 1. The van der Waals surface area contributed by atoms with E-state index in [1.54, 1.807) is 35.6 Å². The van der Waals surface area contributed by atoms with Gasteiger partial charge in [0.15, 0.2) is 0 Å². The van der Waals surface area contributed by atoms with E-state index in [1.807, 2.05) is 28.8 Å². The van der Waals surface area contributed by atoms with Crippen LogP contribution in [0.1, 0.15) is 23.2 Å². The zero-order valence-electron chi connectivity index (χ0n) is 14.2. The summed E-state index contributed by atoms with van der Waals surface area (Å²) in [7, 11) is 0. The quantitative estimate of drug-likeness (QED) is 0.786. The van der Waals surface area contributed by atoms with Crippen molar-refractivity contribution >= 4 is 23.3 Å². The van der Waals surface area contributed by atoms with Crippen molar-refractivity contribution in [3.05, 3.63) is 60.7 Å². The molecule has 0 saturated carbocycles. The molecule has 0 unspecified atom stereocenters. The third-order valence-electron chi connectivity index (χ3n) is 4.74. The Bertz CT molecular complexity index is 929. The second-order valence-electron chi connectivity index (χ2n) is 6.37. The Balaban J connectivity index is 1.37. The van der Waals surface area contributed by atoms with Gasteiger partial charge in [-0.25, -0.2) is 4.98 Å². The van der Waals surface area contributed by atoms with Gasteiger partial charge in [0.1, 0.15) is 0 Å². The van der Waals surface area contributed by atoms with E-state index in [0.717, 1.165) is 5.52 Å². The van der Waals surface area contributed by atoms with Crippen molar-refractivity contribution in [1.82, 2.24) is 19.3 Å². The third kappa shape index (κ3) is 3.15. The van der Waals surface area contributed by atoms with Crippen molar-refractivity contribution in [3.63, 3.8) is 0 Å². The Morgan fingerprint density at radius 3 is 2.69 bits per heavy atom. The monoisotopic (exact) mass is 349 g/mol. The lowest BCUT2D eigenvalue weighted by Crippen LogP contribution is -2.41. The standard InChI is InChI=1S/C19H19N5O2/c25-17(22-19-21-13-16-5-1-2-9-24(16)19)14-6-10-23(11-7-14)18(26)15-4-3-8-20-12-15/h1-5,8-9,12-14H,6-7,10-11H2,(H,21,22,25). The minimum absolute atomic E-state index is 0.0313. The molecule has 1 fully saturated rings. The largest absolute Gasteiger partial charge is 0.339 e. The van der Waals surface area contributed by atoms with Crippen LogP contribution in [0.2, 0.25) is 0 Å². The fourth-order valence-corrected chi connectivity index (χ4v) is 3.27. The molecule has 0 aliphatic carbocycles. The molecule has 1 saturated heterocycles. The van der Waals surface area contributed by atoms with Crippen LogP contribution >= 0.6 is 0 Å². The second kappa shape index (κ2) is 6.95. The lowest BCUT2D eigenvalue weighted by atomic mass is 9.95. The predicted octanol–water partition coefficient (Wildman–Crippen LogP) is 2.22. The summed E-state index contributed by atoms with van der Waals surface area (Å²) in [5, 5.41) is 2.91. The highest BCUT2D eigenvalue weighted by atomic mass is 16.2. The first kappa shape index (κ1) is 16.3. The maximum atomic E-state index is 12.6. The number of carbonyl (C=O) groups excluding carboxylic acids is 2. The van der Waals surface area contributed by atoms with E-state index in [9.17, 15) is 9.59 Å². The first-order valence-electron chi connectivity index (χ1n) is 8.64. The number of amides is 2. The lowest BCUT2D eigenvalue weighted by Gasteiger charge is -2.31. The summed E-state index contributed by atoms with van der Waals surface area (Å²) in [5.41, 5.74) is 1.51. The fraction of sp³-hybridized carbons (Fsp3) is 0.263. The van der Waals surface area contributed by atoms with Gasteiger partial charge in [0.25, 0.3) is 5.91 Å². The highest BCUT2D eigenvalue weighted by Crippen LogP contribution is 2.21.